The molecule has 0 aliphatic rings. The highest BCUT2D eigenvalue weighted by atomic mass is 16.5. The number of nitrogens with one attached hydrogen (secondary N) is 1. The van der Waals surface area contributed by atoms with E-state index in [-0.39, 0.29) is 5.91 Å². The third-order valence-electron chi connectivity index (χ3n) is 4.53. The van der Waals surface area contributed by atoms with Crippen LogP contribution in [0.5, 0.6) is 5.75 Å². The molecule has 0 atom stereocenters. The van der Waals surface area contributed by atoms with Crippen LogP contribution >= 0.6 is 0 Å². The molecule has 28 heavy (non-hydrogen) atoms. The van der Waals surface area contributed by atoms with Crippen molar-refractivity contribution in [2.45, 2.75) is 13.0 Å². The second-order valence-corrected chi connectivity index (χ2v) is 6.89. The fourth-order valence-electron chi connectivity index (χ4n) is 3.19. The van der Waals surface area contributed by atoms with Crippen molar-refractivity contribution >= 4 is 11.6 Å². The number of benzene rings is 3. The molecule has 0 aliphatic heterocycles. The molecule has 0 radical (unpaired) electrons. The normalized spacial score (nSPS) is 10.7. The molecule has 0 heterocycles. The SMILES string of the molecule is COc1cccc(CN(C)CC(=O)Nc2ccccc2Cc2ccccc2)c1. The third-order valence-corrected chi connectivity index (χ3v) is 4.53. The highest BCUT2D eigenvalue weighted by molar-refractivity contribution is 5.93. The van der Waals surface area contributed by atoms with Crippen molar-refractivity contribution in [3.63, 3.8) is 0 Å². The molecule has 3 aromatic carbocycles. The van der Waals surface area contributed by atoms with Crippen LogP contribution in [0.15, 0.2) is 78.9 Å². The Bertz CT molecular complexity index is 909. The second kappa shape index (κ2) is 9.72. The molecule has 4 heteroatoms. The van der Waals surface area contributed by atoms with Crippen LogP contribution in [0.1, 0.15) is 16.7 Å². The molecule has 4 nitrogen and oxygen atoms in total. The number of rotatable bonds is 8. The van der Waals surface area contributed by atoms with E-state index < -0.39 is 0 Å². The number of hydrogen-bond donors (Lipinski definition) is 1. The Hall–Kier alpha value is -3.11. The highest BCUT2D eigenvalue weighted by Crippen LogP contribution is 2.19. The minimum Gasteiger partial charge on any atom is -0.497 e. The average molecular weight is 374 g/mol. The van der Waals surface area contributed by atoms with Crippen molar-refractivity contribution in [2.24, 2.45) is 0 Å². The molecule has 144 valence electrons. The lowest BCUT2D eigenvalue weighted by molar-refractivity contribution is -0.117. The van der Waals surface area contributed by atoms with E-state index in [9.17, 15) is 4.79 Å². The number of methoxy groups -OCH3 is 1. The summed E-state index contributed by atoms with van der Waals surface area (Å²) in [6, 6.07) is 26.1. The number of para-hydroxylation sites is 1. The van der Waals surface area contributed by atoms with Gasteiger partial charge in [0.05, 0.1) is 13.7 Å². The third kappa shape index (κ3) is 5.69. The second-order valence-electron chi connectivity index (χ2n) is 6.89. The Labute approximate surface area is 166 Å². The van der Waals surface area contributed by atoms with Crippen LogP contribution in [-0.4, -0.2) is 31.5 Å². The van der Waals surface area contributed by atoms with Crippen LogP contribution in [0.25, 0.3) is 0 Å². The molecule has 0 spiro atoms. The summed E-state index contributed by atoms with van der Waals surface area (Å²) in [6.07, 6.45) is 0.789. The molecule has 3 rings (SSSR count). The van der Waals surface area contributed by atoms with Crippen LogP contribution < -0.4 is 10.1 Å². The van der Waals surface area contributed by atoms with Crippen molar-refractivity contribution < 1.29 is 9.53 Å². The monoisotopic (exact) mass is 374 g/mol. The van der Waals surface area contributed by atoms with Gasteiger partial charge in [0.15, 0.2) is 0 Å². The summed E-state index contributed by atoms with van der Waals surface area (Å²) in [5.41, 5.74) is 4.31. The summed E-state index contributed by atoms with van der Waals surface area (Å²) in [5, 5.41) is 3.06. The van der Waals surface area contributed by atoms with E-state index >= 15 is 0 Å². The largest absolute Gasteiger partial charge is 0.497 e. The topological polar surface area (TPSA) is 41.6 Å². The average Bonchev–Trinajstić information content (AvgIpc) is 2.70. The molecule has 0 saturated carbocycles. The lowest BCUT2D eigenvalue weighted by Crippen LogP contribution is -2.30. The minimum absolute atomic E-state index is 0.0223. The van der Waals surface area contributed by atoms with Gasteiger partial charge in [0.25, 0.3) is 0 Å². The molecular weight excluding hydrogens is 348 g/mol. The maximum atomic E-state index is 12.6. The van der Waals surface area contributed by atoms with E-state index in [4.69, 9.17) is 4.74 Å². The Morgan fingerprint density at radius 2 is 1.64 bits per heavy atom. The van der Waals surface area contributed by atoms with Gasteiger partial charge >= 0.3 is 0 Å². The molecule has 3 aromatic rings. The summed E-state index contributed by atoms with van der Waals surface area (Å²) in [6.45, 7) is 0.993. The number of likely N-dealkylation sites (N-methyl/N-ethyl adjacent to an activating group) is 1. The first-order valence-corrected chi connectivity index (χ1v) is 9.37. The molecule has 1 amide bonds. The fraction of sp³-hybridized carbons (Fsp3) is 0.208. The Kier molecular flexibility index (Phi) is 6.82. The van der Waals surface area contributed by atoms with Gasteiger partial charge in [-0.05, 0) is 48.4 Å². The van der Waals surface area contributed by atoms with Crippen molar-refractivity contribution in [1.29, 1.82) is 0 Å². The summed E-state index contributed by atoms with van der Waals surface area (Å²) in [7, 11) is 3.60. The first kappa shape index (κ1) is 19.6. The Morgan fingerprint density at radius 1 is 0.929 bits per heavy atom. The Morgan fingerprint density at radius 3 is 2.43 bits per heavy atom. The van der Waals surface area contributed by atoms with Gasteiger partial charge in [0.1, 0.15) is 5.75 Å². The zero-order valence-corrected chi connectivity index (χ0v) is 16.4. The van der Waals surface area contributed by atoms with Crippen molar-refractivity contribution in [3.05, 3.63) is 95.6 Å². The number of anilines is 1. The lowest BCUT2D eigenvalue weighted by Gasteiger charge is -2.18. The van der Waals surface area contributed by atoms with Crippen LogP contribution in [0.2, 0.25) is 0 Å². The van der Waals surface area contributed by atoms with E-state index in [1.165, 1.54) is 5.56 Å². The van der Waals surface area contributed by atoms with Crippen molar-refractivity contribution in [1.82, 2.24) is 4.90 Å². The predicted octanol–water partition coefficient (Wildman–Crippen LogP) is 4.36. The number of carbonyl (C=O) groups excluding carboxylic acids is 1. The smallest absolute Gasteiger partial charge is 0.238 e. The van der Waals surface area contributed by atoms with Gasteiger partial charge in [-0.15, -0.1) is 0 Å². The van der Waals surface area contributed by atoms with Crippen molar-refractivity contribution in [2.75, 3.05) is 26.0 Å². The maximum Gasteiger partial charge on any atom is 0.238 e. The number of carbonyl (C=O) groups is 1. The summed E-state index contributed by atoms with van der Waals surface area (Å²) < 4.78 is 5.26. The van der Waals surface area contributed by atoms with Gasteiger partial charge in [0, 0.05) is 12.2 Å². The Balaban J connectivity index is 1.60. The molecule has 0 saturated heterocycles. The van der Waals surface area contributed by atoms with E-state index in [2.05, 4.69) is 23.5 Å². The van der Waals surface area contributed by atoms with Gasteiger partial charge in [-0.1, -0.05) is 60.7 Å². The van der Waals surface area contributed by atoms with Gasteiger partial charge < -0.3 is 10.1 Å². The van der Waals surface area contributed by atoms with Crippen LogP contribution in [-0.2, 0) is 17.8 Å². The van der Waals surface area contributed by atoms with Gasteiger partial charge in [-0.3, -0.25) is 9.69 Å². The van der Waals surface area contributed by atoms with E-state index in [1.807, 2.05) is 72.6 Å². The zero-order chi connectivity index (χ0) is 19.8. The molecule has 0 bridgehead atoms. The van der Waals surface area contributed by atoms with Gasteiger partial charge in [-0.25, -0.2) is 0 Å². The predicted molar refractivity (Wildman–Crippen MR) is 114 cm³/mol. The van der Waals surface area contributed by atoms with Crippen molar-refractivity contribution in [3.8, 4) is 5.75 Å². The number of nitrogens with zero attached hydrogens (tertiary/aromatic N) is 1. The first-order chi connectivity index (χ1) is 13.6. The standard InChI is InChI=1S/C24H26N2O2/c1-26(17-20-11-8-13-22(16-20)28-2)18-24(27)25-23-14-7-6-12-21(23)15-19-9-4-3-5-10-19/h3-14,16H,15,17-18H2,1-2H3,(H,25,27). The minimum atomic E-state index is -0.0223. The zero-order valence-electron chi connectivity index (χ0n) is 16.4. The summed E-state index contributed by atoms with van der Waals surface area (Å²) >= 11 is 0. The first-order valence-electron chi connectivity index (χ1n) is 9.37. The molecule has 1 N–H and O–H groups in total. The maximum absolute atomic E-state index is 12.6. The van der Waals surface area contributed by atoms with Crippen LogP contribution in [0, 0.1) is 0 Å². The molecule has 0 aliphatic carbocycles. The molecule has 0 unspecified atom stereocenters. The fourth-order valence-corrected chi connectivity index (χ4v) is 3.19. The van der Waals surface area contributed by atoms with Gasteiger partial charge in [-0.2, -0.15) is 0 Å². The quantitative estimate of drug-likeness (QED) is 0.637. The van der Waals surface area contributed by atoms with E-state index in [0.717, 1.165) is 29.0 Å². The number of amides is 1. The lowest BCUT2D eigenvalue weighted by atomic mass is 10.0. The van der Waals surface area contributed by atoms with Crippen LogP contribution in [0.3, 0.4) is 0 Å². The summed E-state index contributed by atoms with van der Waals surface area (Å²) in [4.78, 5) is 14.6. The number of hydrogen-bond acceptors (Lipinski definition) is 3. The highest BCUT2D eigenvalue weighted by Gasteiger charge is 2.10. The van der Waals surface area contributed by atoms with E-state index in [1.54, 1.807) is 7.11 Å². The molecular formula is C24H26N2O2. The van der Waals surface area contributed by atoms with Crippen LogP contribution in [0.4, 0.5) is 5.69 Å². The molecule has 0 aromatic heterocycles. The van der Waals surface area contributed by atoms with Gasteiger partial charge in [0.2, 0.25) is 5.91 Å². The number of ether oxygens (including phenoxy) is 1. The summed E-state index contributed by atoms with van der Waals surface area (Å²) in [5.74, 6) is 0.802. The van der Waals surface area contributed by atoms with E-state index in [0.29, 0.717) is 13.1 Å². The molecule has 0 fully saturated rings.